The van der Waals surface area contributed by atoms with Gasteiger partial charge in [0.2, 0.25) is 0 Å². The first-order chi connectivity index (χ1) is 5.66. The summed E-state index contributed by atoms with van der Waals surface area (Å²) in [6.45, 7) is 1.58. The molecule has 0 saturated heterocycles. The molecule has 0 bridgehead atoms. The number of rotatable bonds is 2. The SMILES string of the molecule is Cc1c(ON)cccc1[N+](=O)[O-]. The van der Waals surface area contributed by atoms with Crippen molar-refractivity contribution in [2.45, 2.75) is 6.92 Å². The molecule has 0 aliphatic heterocycles. The van der Waals surface area contributed by atoms with Crippen LogP contribution in [-0.2, 0) is 0 Å². The number of hydrogen-bond acceptors (Lipinski definition) is 4. The first kappa shape index (κ1) is 8.48. The molecular formula is C7H8N2O3. The molecule has 0 aliphatic carbocycles. The van der Waals surface area contributed by atoms with Crippen LogP contribution >= 0.6 is 0 Å². The highest BCUT2D eigenvalue weighted by Gasteiger charge is 2.13. The molecule has 0 atom stereocenters. The monoisotopic (exact) mass is 168 g/mol. The standard InChI is InChI=1S/C7H8N2O3/c1-5-6(9(10)11)3-2-4-7(5)12-8/h2-4H,8H2,1H3. The third kappa shape index (κ3) is 1.35. The molecule has 0 spiro atoms. The quantitative estimate of drug-likeness (QED) is 0.530. The number of nitrogens with two attached hydrogens (primary N) is 1. The normalized spacial score (nSPS) is 9.50. The first-order valence-electron chi connectivity index (χ1n) is 3.27. The summed E-state index contributed by atoms with van der Waals surface area (Å²) in [6.07, 6.45) is 0. The molecule has 1 rings (SSSR count). The van der Waals surface area contributed by atoms with Crippen molar-refractivity contribution in [2.75, 3.05) is 0 Å². The van der Waals surface area contributed by atoms with Crippen LogP contribution in [0.3, 0.4) is 0 Å². The molecule has 0 aromatic heterocycles. The average Bonchev–Trinajstić information content (AvgIpc) is 2.04. The minimum Gasteiger partial charge on any atom is -0.411 e. The largest absolute Gasteiger partial charge is 0.411 e. The van der Waals surface area contributed by atoms with Gasteiger partial charge in [-0.05, 0) is 13.0 Å². The van der Waals surface area contributed by atoms with E-state index >= 15 is 0 Å². The van der Waals surface area contributed by atoms with E-state index in [0.29, 0.717) is 11.3 Å². The Kier molecular flexibility index (Phi) is 2.25. The van der Waals surface area contributed by atoms with Crippen molar-refractivity contribution in [3.05, 3.63) is 33.9 Å². The Morgan fingerprint density at radius 2 is 2.25 bits per heavy atom. The molecule has 0 unspecified atom stereocenters. The van der Waals surface area contributed by atoms with Crippen LogP contribution < -0.4 is 10.7 Å². The van der Waals surface area contributed by atoms with Crippen molar-refractivity contribution in [1.82, 2.24) is 0 Å². The molecule has 0 saturated carbocycles. The summed E-state index contributed by atoms with van der Waals surface area (Å²) in [7, 11) is 0. The summed E-state index contributed by atoms with van der Waals surface area (Å²) in [5, 5.41) is 10.4. The minimum atomic E-state index is -0.474. The summed E-state index contributed by atoms with van der Waals surface area (Å²) in [5.41, 5.74) is 0.447. The molecule has 12 heavy (non-hydrogen) atoms. The van der Waals surface area contributed by atoms with Crippen LogP contribution in [0.5, 0.6) is 5.75 Å². The van der Waals surface area contributed by atoms with Crippen LogP contribution in [0.15, 0.2) is 18.2 Å². The second kappa shape index (κ2) is 3.19. The zero-order valence-electron chi connectivity index (χ0n) is 6.48. The van der Waals surface area contributed by atoms with E-state index in [9.17, 15) is 10.1 Å². The number of nitro groups is 1. The van der Waals surface area contributed by atoms with Crippen molar-refractivity contribution in [1.29, 1.82) is 0 Å². The van der Waals surface area contributed by atoms with E-state index in [0.717, 1.165) is 0 Å². The lowest BCUT2D eigenvalue weighted by atomic mass is 10.2. The Bertz CT molecular complexity index is 312. The van der Waals surface area contributed by atoms with Crippen molar-refractivity contribution in [2.24, 2.45) is 5.90 Å². The summed E-state index contributed by atoms with van der Waals surface area (Å²) in [4.78, 5) is 14.4. The lowest BCUT2D eigenvalue weighted by Gasteiger charge is -2.02. The van der Waals surface area contributed by atoms with Crippen molar-refractivity contribution >= 4 is 5.69 Å². The van der Waals surface area contributed by atoms with Crippen molar-refractivity contribution in [3.8, 4) is 5.75 Å². The third-order valence-electron chi connectivity index (χ3n) is 1.58. The summed E-state index contributed by atoms with van der Waals surface area (Å²) < 4.78 is 0. The second-order valence-electron chi connectivity index (χ2n) is 2.28. The number of nitrogens with zero attached hydrogens (tertiary/aromatic N) is 1. The molecule has 5 heteroatoms. The minimum absolute atomic E-state index is 0.0120. The maximum absolute atomic E-state index is 10.4. The number of benzene rings is 1. The van der Waals surface area contributed by atoms with Crippen molar-refractivity contribution < 1.29 is 9.76 Å². The van der Waals surface area contributed by atoms with Gasteiger partial charge in [-0.1, -0.05) is 6.07 Å². The van der Waals surface area contributed by atoms with E-state index in [1.54, 1.807) is 13.0 Å². The molecule has 0 amide bonds. The maximum Gasteiger partial charge on any atom is 0.276 e. The van der Waals surface area contributed by atoms with E-state index in [-0.39, 0.29) is 5.69 Å². The molecule has 1 aromatic carbocycles. The molecule has 2 N–H and O–H groups in total. The molecule has 0 fully saturated rings. The molecular weight excluding hydrogens is 160 g/mol. The fourth-order valence-corrected chi connectivity index (χ4v) is 0.928. The summed E-state index contributed by atoms with van der Waals surface area (Å²) >= 11 is 0. The summed E-state index contributed by atoms with van der Waals surface area (Å²) in [6, 6.07) is 4.49. The fourth-order valence-electron chi connectivity index (χ4n) is 0.928. The van der Waals surface area contributed by atoms with Gasteiger partial charge < -0.3 is 4.84 Å². The highest BCUT2D eigenvalue weighted by molar-refractivity contribution is 5.48. The number of hydrogen-bond donors (Lipinski definition) is 1. The molecule has 1 aromatic rings. The summed E-state index contributed by atoms with van der Waals surface area (Å²) in [5.74, 6) is 5.22. The van der Waals surface area contributed by atoms with Gasteiger partial charge >= 0.3 is 0 Å². The first-order valence-corrected chi connectivity index (χ1v) is 3.27. The second-order valence-corrected chi connectivity index (χ2v) is 2.28. The van der Waals surface area contributed by atoms with Crippen LogP contribution in [0.1, 0.15) is 5.56 Å². The zero-order valence-corrected chi connectivity index (χ0v) is 6.48. The Hall–Kier alpha value is -1.62. The molecule has 0 heterocycles. The van der Waals surface area contributed by atoms with Gasteiger partial charge in [0.1, 0.15) is 0 Å². The Balaban J connectivity index is 3.23. The maximum atomic E-state index is 10.4. The van der Waals surface area contributed by atoms with Crippen LogP contribution in [0, 0.1) is 17.0 Å². The van der Waals surface area contributed by atoms with Gasteiger partial charge in [-0.15, -0.1) is 0 Å². The van der Waals surface area contributed by atoms with Crippen LogP contribution in [0.2, 0.25) is 0 Å². The Morgan fingerprint density at radius 1 is 1.58 bits per heavy atom. The van der Waals surface area contributed by atoms with E-state index < -0.39 is 4.92 Å². The topological polar surface area (TPSA) is 78.4 Å². The Labute approximate surface area is 68.9 Å². The van der Waals surface area contributed by atoms with Crippen molar-refractivity contribution in [3.63, 3.8) is 0 Å². The van der Waals surface area contributed by atoms with Gasteiger partial charge in [0.05, 0.1) is 10.5 Å². The van der Waals surface area contributed by atoms with Gasteiger partial charge in [0.15, 0.2) is 5.75 Å². The average molecular weight is 168 g/mol. The van der Waals surface area contributed by atoms with E-state index in [2.05, 4.69) is 4.84 Å². The molecule has 64 valence electrons. The number of nitro benzene ring substituents is 1. The van der Waals surface area contributed by atoms with Gasteiger partial charge in [-0.3, -0.25) is 10.1 Å². The highest BCUT2D eigenvalue weighted by Crippen LogP contribution is 2.25. The molecule has 0 aliphatic rings. The molecule has 0 radical (unpaired) electrons. The van der Waals surface area contributed by atoms with Gasteiger partial charge in [0, 0.05) is 6.07 Å². The smallest absolute Gasteiger partial charge is 0.276 e. The van der Waals surface area contributed by atoms with Crippen LogP contribution in [0.25, 0.3) is 0 Å². The highest BCUT2D eigenvalue weighted by atomic mass is 16.6. The third-order valence-corrected chi connectivity index (χ3v) is 1.58. The van der Waals surface area contributed by atoms with Crippen LogP contribution in [0.4, 0.5) is 5.69 Å². The lowest BCUT2D eigenvalue weighted by Crippen LogP contribution is -2.04. The fraction of sp³-hybridized carbons (Fsp3) is 0.143. The van der Waals surface area contributed by atoms with Gasteiger partial charge in [0.25, 0.3) is 5.69 Å². The van der Waals surface area contributed by atoms with Gasteiger partial charge in [-0.2, -0.15) is 5.90 Å². The zero-order chi connectivity index (χ0) is 9.14. The molecule has 5 nitrogen and oxygen atoms in total. The predicted molar refractivity (Wildman–Crippen MR) is 42.6 cm³/mol. The van der Waals surface area contributed by atoms with Gasteiger partial charge in [-0.25, -0.2) is 0 Å². The van der Waals surface area contributed by atoms with E-state index in [4.69, 9.17) is 5.90 Å². The predicted octanol–water partition coefficient (Wildman–Crippen LogP) is 1.16. The van der Waals surface area contributed by atoms with E-state index in [1.165, 1.54) is 12.1 Å². The van der Waals surface area contributed by atoms with E-state index in [1.807, 2.05) is 0 Å². The Morgan fingerprint density at radius 3 is 2.75 bits per heavy atom. The lowest BCUT2D eigenvalue weighted by molar-refractivity contribution is -0.385. The van der Waals surface area contributed by atoms with Crippen LogP contribution in [-0.4, -0.2) is 4.92 Å².